The van der Waals surface area contributed by atoms with Gasteiger partial charge in [-0.25, -0.2) is 0 Å². The first-order valence-electron chi connectivity index (χ1n) is 6.55. The molecular formula is C14H27N. The Kier molecular flexibility index (Phi) is 5.38. The van der Waals surface area contributed by atoms with E-state index >= 15 is 0 Å². The van der Waals surface area contributed by atoms with Crippen molar-refractivity contribution in [2.45, 2.75) is 52.5 Å². The number of hydrogen-bond acceptors (Lipinski definition) is 1. The summed E-state index contributed by atoms with van der Waals surface area (Å²) in [7, 11) is 0. The van der Waals surface area contributed by atoms with Crippen molar-refractivity contribution in [2.24, 2.45) is 17.8 Å². The molecule has 3 atom stereocenters. The number of hydrogen-bond donors (Lipinski definition) is 1. The third kappa shape index (κ3) is 3.64. The molecule has 0 bridgehead atoms. The van der Waals surface area contributed by atoms with Crippen LogP contribution in [0.2, 0.25) is 0 Å². The van der Waals surface area contributed by atoms with E-state index in [9.17, 15) is 0 Å². The highest BCUT2D eigenvalue weighted by Gasteiger charge is 2.25. The summed E-state index contributed by atoms with van der Waals surface area (Å²) in [4.78, 5) is 0. The summed E-state index contributed by atoms with van der Waals surface area (Å²) >= 11 is 0. The molecule has 0 aromatic carbocycles. The molecule has 2 unspecified atom stereocenters. The third-order valence-corrected chi connectivity index (χ3v) is 3.91. The van der Waals surface area contributed by atoms with Gasteiger partial charge in [0.05, 0.1) is 0 Å². The van der Waals surface area contributed by atoms with Gasteiger partial charge in [-0.3, -0.25) is 0 Å². The van der Waals surface area contributed by atoms with Crippen molar-refractivity contribution < 1.29 is 0 Å². The highest BCUT2D eigenvalue weighted by molar-refractivity contribution is 4.90. The maximum Gasteiger partial charge on any atom is 0.00875 e. The lowest BCUT2D eigenvalue weighted by atomic mass is 9.94. The van der Waals surface area contributed by atoms with E-state index in [0.29, 0.717) is 6.04 Å². The van der Waals surface area contributed by atoms with Crippen molar-refractivity contribution >= 4 is 0 Å². The normalized spacial score (nSPS) is 28.3. The van der Waals surface area contributed by atoms with Crippen LogP contribution in [0.4, 0.5) is 0 Å². The second kappa shape index (κ2) is 6.32. The lowest BCUT2D eigenvalue weighted by Crippen LogP contribution is -2.37. The molecule has 1 fully saturated rings. The fraction of sp³-hybridized carbons (Fsp3) is 0.857. The van der Waals surface area contributed by atoms with E-state index in [1.807, 2.05) is 0 Å². The zero-order valence-corrected chi connectivity index (χ0v) is 10.6. The minimum absolute atomic E-state index is 0.691. The van der Waals surface area contributed by atoms with E-state index in [4.69, 9.17) is 0 Å². The van der Waals surface area contributed by atoms with Gasteiger partial charge in [-0.15, -0.1) is 6.58 Å². The molecule has 0 radical (unpaired) electrons. The van der Waals surface area contributed by atoms with E-state index in [1.54, 1.807) is 0 Å². The first-order valence-corrected chi connectivity index (χ1v) is 6.55. The molecule has 0 amide bonds. The largest absolute Gasteiger partial charge is 0.313 e. The molecular weight excluding hydrogens is 182 g/mol. The second-order valence-electron chi connectivity index (χ2n) is 5.26. The molecule has 1 nitrogen and oxygen atoms in total. The predicted octanol–water partition coefficient (Wildman–Crippen LogP) is 3.61. The second-order valence-corrected chi connectivity index (χ2v) is 5.26. The number of nitrogens with one attached hydrogen (secondary N) is 1. The Balaban J connectivity index is 2.31. The number of allylic oxidation sites excluding steroid dienone is 1. The van der Waals surface area contributed by atoms with Gasteiger partial charge in [0, 0.05) is 6.04 Å². The molecule has 1 aliphatic rings. The molecule has 1 heteroatoms. The Bertz CT molecular complexity index is 186. The van der Waals surface area contributed by atoms with E-state index in [1.165, 1.54) is 32.2 Å². The molecule has 1 saturated carbocycles. The minimum atomic E-state index is 0.691. The Morgan fingerprint density at radius 1 is 1.40 bits per heavy atom. The first-order chi connectivity index (χ1) is 7.19. The van der Waals surface area contributed by atoms with Gasteiger partial charge in [-0.1, -0.05) is 33.3 Å². The van der Waals surface area contributed by atoms with Crippen LogP contribution in [-0.4, -0.2) is 12.6 Å². The molecule has 15 heavy (non-hydrogen) atoms. The number of rotatable bonds is 6. The van der Waals surface area contributed by atoms with Gasteiger partial charge < -0.3 is 5.32 Å². The van der Waals surface area contributed by atoms with E-state index in [0.717, 1.165) is 17.8 Å². The summed E-state index contributed by atoms with van der Waals surface area (Å²) in [5.74, 6) is 2.36. The van der Waals surface area contributed by atoms with Crippen molar-refractivity contribution in [1.29, 1.82) is 0 Å². The van der Waals surface area contributed by atoms with Gasteiger partial charge in [0.2, 0.25) is 0 Å². The Morgan fingerprint density at radius 2 is 2.13 bits per heavy atom. The van der Waals surface area contributed by atoms with Crippen molar-refractivity contribution in [3.8, 4) is 0 Å². The van der Waals surface area contributed by atoms with Crippen LogP contribution in [0.15, 0.2) is 12.7 Å². The average Bonchev–Trinajstić information content (AvgIpc) is 2.65. The summed E-state index contributed by atoms with van der Waals surface area (Å²) in [5, 5.41) is 3.73. The van der Waals surface area contributed by atoms with Crippen LogP contribution in [0.5, 0.6) is 0 Å². The maximum absolute atomic E-state index is 3.95. The van der Waals surface area contributed by atoms with Crippen molar-refractivity contribution in [1.82, 2.24) is 5.32 Å². The van der Waals surface area contributed by atoms with Crippen LogP contribution in [0, 0.1) is 17.8 Å². The van der Waals surface area contributed by atoms with Gasteiger partial charge in [-0.05, 0) is 43.6 Å². The van der Waals surface area contributed by atoms with Crippen molar-refractivity contribution in [3.63, 3.8) is 0 Å². The van der Waals surface area contributed by atoms with Crippen molar-refractivity contribution in [2.75, 3.05) is 6.54 Å². The standard InChI is InChI=1S/C14H27N/c1-5-12-8-7-9-13(12)10-15-14(6-2)11(3)4/h5,11-15H,1,6-10H2,2-4H3/t12?,13-,14?/m0/s1. The van der Waals surface area contributed by atoms with Crippen molar-refractivity contribution in [3.05, 3.63) is 12.7 Å². The van der Waals surface area contributed by atoms with Crippen LogP contribution in [0.25, 0.3) is 0 Å². The maximum atomic E-state index is 3.95. The zero-order chi connectivity index (χ0) is 11.3. The van der Waals surface area contributed by atoms with E-state index in [-0.39, 0.29) is 0 Å². The topological polar surface area (TPSA) is 12.0 Å². The molecule has 0 aromatic heterocycles. The molecule has 0 aliphatic heterocycles. The molecule has 1 rings (SSSR count). The summed E-state index contributed by atoms with van der Waals surface area (Å²) < 4.78 is 0. The van der Waals surface area contributed by atoms with Crippen LogP contribution in [-0.2, 0) is 0 Å². The van der Waals surface area contributed by atoms with Crippen LogP contribution in [0.1, 0.15) is 46.5 Å². The van der Waals surface area contributed by atoms with Gasteiger partial charge in [0.1, 0.15) is 0 Å². The fourth-order valence-electron chi connectivity index (χ4n) is 2.78. The highest BCUT2D eigenvalue weighted by Crippen LogP contribution is 2.31. The third-order valence-electron chi connectivity index (χ3n) is 3.91. The first kappa shape index (κ1) is 12.8. The molecule has 0 spiro atoms. The smallest absolute Gasteiger partial charge is 0.00875 e. The lowest BCUT2D eigenvalue weighted by Gasteiger charge is -2.24. The zero-order valence-electron chi connectivity index (χ0n) is 10.6. The quantitative estimate of drug-likeness (QED) is 0.659. The molecule has 0 saturated heterocycles. The minimum Gasteiger partial charge on any atom is -0.313 e. The van der Waals surface area contributed by atoms with Gasteiger partial charge in [0.25, 0.3) is 0 Å². The van der Waals surface area contributed by atoms with E-state index < -0.39 is 0 Å². The fourth-order valence-corrected chi connectivity index (χ4v) is 2.78. The molecule has 1 aliphatic carbocycles. The van der Waals surface area contributed by atoms with Gasteiger partial charge in [0.15, 0.2) is 0 Å². The predicted molar refractivity (Wildman–Crippen MR) is 67.9 cm³/mol. The molecule has 0 heterocycles. The average molecular weight is 209 g/mol. The van der Waals surface area contributed by atoms with E-state index in [2.05, 4.69) is 38.7 Å². The SMILES string of the molecule is C=CC1CCC[C@H]1CNC(CC)C(C)C. The molecule has 88 valence electrons. The van der Waals surface area contributed by atoms with Crippen LogP contribution < -0.4 is 5.32 Å². The van der Waals surface area contributed by atoms with Crippen LogP contribution in [0.3, 0.4) is 0 Å². The van der Waals surface area contributed by atoms with Gasteiger partial charge >= 0.3 is 0 Å². The summed E-state index contributed by atoms with van der Waals surface area (Å²) in [6, 6.07) is 0.691. The lowest BCUT2D eigenvalue weighted by molar-refractivity contribution is 0.336. The van der Waals surface area contributed by atoms with Gasteiger partial charge in [-0.2, -0.15) is 0 Å². The summed E-state index contributed by atoms with van der Waals surface area (Å²) in [5.41, 5.74) is 0. The monoisotopic (exact) mass is 209 g/mol. The molecule has 0 aromatic rings. The summed E-state index contributed by atoms with van der Waals surface area (Å²) in [6.45, 7) is 12.0. The Hall–Kier alpha value is -0.300. The summed E-state index contributed by atoms with van der Waals surface area (Å²) in [6.07, 6.45) is 7.53. The molecule has 1 N–H and O–H groups in total. The Morgan fingerprint density at radius 3 is 2.67 bits per heavy atom. The van der Waals surface area contributed by atoms with Crippen LogP contribution >= 0.6 is 0 Å². The Labute approximate surface area is 95.3 Å². The highest BCUT2D eigenvalue weighted by atomic mass is 14.9.